The summed E-state index contributed by atoms with van der Waals surface area (Å²) in [6.45, 7) is 8.71. The van der Waals surface area contributed by atoms with E-state index in [1.807, 2.05) is 11.1 Å². The smallest absolute Gasteiger partial charge is 0.219 e. The largest absolute Gasteiger partial charge is 0.398 e. The third-order valence-corrected chi connectivity index (χ3v) is 7.40. The van der Waals surface area contributed by atoms with Crippen molar-refractivity contribution in [2.45, 2.75) is 45.6 Å². The maximum atomic E-state index is 12.2. The molecule has 1 aromatic carbocycles. The first-order chi connectivity index (χ1) is 16.5. The maximum absolute atomic E-state index is 12.2. The van der Waals surface area contributed by atoms with Crippen LogP contribution in [0.15, 0.2) is 41.0 Å². The number of amides is 1. The summed E-state index contributed by atoms with van der Waals surface area (Å²) in [5.41, 5.74) is 10.5. The Morgan fingerprint density at radius 3 is 2.76 bits per heavy atom. The number of nitrogens with two attached hydrogens (primary N) is 1. The molecular weight excluding hydrogens is 426 g/mol. The van der Waals surface area contributed by atoms with Crippen LogP contribution in [0, 0.1) is 5.92 Å². The Morgan fingerprint density at radius 1 is 1.21 bits per heavy atom. The second kappa shape index (κ2) is 9.74. The molecule has 0 aliphatic carbocycles. The summed E-state index contributed by atoms with van der Waals surface area (Å²) >= 11 is 0. The van der Waals surface area contributed by atoms with Crippen LogP contribution in [0.2, 0.25) is 0 Å². The highest BCUT2D eigenvalue weighted by Crippen LogP contribution is 2.30. The van der Waals surface area contributed by atoms with Gasteiger partial charge in [-0.15, -0.1) is 0 Å². The molecule has 3 saturated heterocycles. The molecule has 34 heavy (non-hydrogen) atoms. The van der Waals surface area contributed by atoms with Gasteiger partial charge in [0.1, 0.15) is 5.82 Å². The second-order valence-electron chi connectivity index (χ2n) is 9.91. The molecule has 3 aliphatic heterocycles. The van der Waals surface area contributed by atoms with Crippen molar-refractivity contribution in [2.75, 3.05) is 44.3 Å². The fraction of sp³-hybridized carbons (Fsp3) is 0.519. The monoisotopic (exact) mass is 461 g/mol. The lowest BCUT2D eigenvalue weighted by atomic mass is 9.94. The van der Waals surface area contributed by atoms with E-state index in [9.17, 15) is 4.79 Å². The predicted octanol–water partition coefficient (Wildman–Crippen LogP) is 3.62. The first kappa shape index (κ1) is 22.8. The molecule has 2 aromatic rings. The zero-order valence-corrected chi connectivity index (χ0v) is 20.3. The fourth-order valence-corrected chi connectivity index (χ4v) is 5.31. The van der Waals surface area contributed by atoms with Crippen molar-refractivity contribution in [3.63, 3.8) is 0 Å². The van der Waals surface area contributed by atoms with Gasteiger partial charge in [-0.2, -0.15) is 0 Å². The van der Waals surface area contributed by atoms with Crippen molar-refractivity contribution in [1.82, 2.24) is 9.88 Å². The number of hydrogen-bond acceptors (Lipinski definition) is 6. The van der Waals surface area contributed by atoms with Crippen LogP contribution in [-0.4, -0.2) is 66.9 Å². The van der Waals surface area contributed by atoms with Crippen LogP contribution in [0.5, 0.6) is 0 Å². The molecule has 2 N–H and O–H groups in total. The summed E-state index contributed by atoms with van der Waals surface area (Å²) in [4.78, 5) is 26.3. The Hall–Kier alpha value is -2.93. The van der Waals surface area contributed by atoms with Gasteiger partial charge in [0.25, 0.3) is 0 Å². The van der Waals surface area contributed by atoms with Crippen LogP contribution >= 0.6 is 0 Å². The molecule has 3 aliphatic rings. The van der Waals surface area contributed by atoms with E-state index < -0.39 is 0 Å². The SMILES string of the molecule is CC(=O)N1CCC(=NC2CCOCC2)C(=C(N)c2cccc3cc(N4CC[C@H](C)C4)ncc23)C1. The van der Waals surface area contributed by atoms with Gasteiger partial charge in [-0.25, -0.2) is 4.98 Å². The molecule has 0 unspecified atom stereocenters. The number of nitrogens with zero attached hydrogens (tertiary/aromatic N) is 4. The van der Waals surface area contributed by atoms with Gasteiger partial charge in [-0.1, -0.05) is 25.1 Å². The van der Waals surface area contributed by atoms with Gasteiger partial charge >= 0.3 is 0 Å². The Morgan fingerprint density at radius 2 is 2.03 bits per heavy atom. The van der Waals surface area contributed by atoms with Crippen molar-refractivity contribution in [3.8, 4) is 0 Å². The van der Waals surface area contributed by atoms with Crippen molar-refractivity contribution in [3.05, 3.63) is 41.6 Å². The summed E-state index contributed by atoms with van der Waals surface area (Å²) in [5.74, 6) is 1.80. The molecule has 3 fully saturated rings. The van der Waals surface area contributed by atoms with Crippen molar-refractivity contribution < 1.29 is 9.53 Å². The number of likely N-dealkylation sites (tertiary alicyclic amines) is 1. The molecule has 0 bridgehead atoms. The molecule has 5 rings (SSSR count). The summed E-state index contributed by atoms with van der Waals surface area (Å²) < 4.78 is 5.51. The van der Waals surface area contributed by atoms with Gasteiger partial charge in [0.05, 0.1) is 6.04 Å². The molecule has 1 amide bonds. The summed E-state index contributed by atoms with van der Waals surface area (Å²) in [7, 11) is 0. The molecule has 180 valence electrons. The van der Waals surface area contributed by atoms with Crippen LogP contribution in [0.3, 0.4) is 0 Å². The van der Waals surface area contributed by atoms with Crippen molar-refractivity contribution >= 4 is 33.9 Å². The number of rotatable bonds is 3. The summed E-state index contributed by atoms with van der Waals surface area (Å²) in [5, 5.41) is 2.17. The number of aliphatic imine (C=N–C) groups is 1. The number of carbonyl (C=O) groups excluding carboxylic acids is 1. The van der Waals surface area contributed by atoms with Gasteiger partial charge in [-0.3, -0.25) is 9.79 Å². The van der Waals surface area contributed by atoms with Crippen LogP contribution in [0.1, 0.15) is 45.1 Å². The number of benzene rings is 1. The minimum absolute atomic E-state index is 0.0690. The fourth-order valence-electron chi connectivity index (χ4n) is 5.31. The van der Waals surface area contributed by atoms with Gasteiger partial charge < -0.3 is 20.3 Å². The van der Waals surface area contributed by atoms with E-state index in [1.54, 1.807) is 6.92 Å². The van der Waals surface area contributed by atoms with Crippen LogP contribution in [0.4, 0.5) is 5.82 Å². The Labute approximate surface area is 201 Å². The van der Waals surface area contributed by atoms with Crippen molar-refractivity contribution in [2.24, 2.45) is 16.6 Å². The maximum Gasteiger partial charge on any atom is 0.219 e. The number of anilines is 1. The molecule has 0 radical (unpaired) electrons. The first-order valence-electron chi connectivity index (χ1n) is 12.5. The van der Waals surface area contributed by atoms with E-state index >= 15 is 0 Å². The number of pyridine rings is 1. The molecule has 0 spiro atoms. The normalized spacial score (nSPS) is 24.8. The highest BCUT2D eigenvalue weighted by atomic mass is 16.5. The molecule has 7 heteroatoms. The van der Waals surface area contributed by atoms with Gasteiger partial charge in [0.15, 0.2) is 0 Å². The Bertz CT molecular complexity index is 1140. The third-order valence-electron chi connectivity index (χ3n) is 7.40. The van der Waals surface area contributed by atoms with E-state index in [1.165, 1.54) is 6.42 Å². The second-order valence-corrected chi connectivity index (χ2v) is 9.91. The van der Waals surface area contributed by atoms with Crippen LogP contribution in [0.25, 0.3) is 16.5 Å². The molecule has 1 atom stereocenters. The summed E-state index contributed by atoms with van der Waals surface area (Å²) in [6, 6.07) is 8.68. The highest BCUT2D eigenvalue weighted by Gasteiger charge is 2.26. The van der Waals surface area contributed by atoms with E-state index in [0.717, 1.165) is 79.0 Å². The predicted molar refractivity (Wildman–Crippen MR) is 137 cm³/mol. The number of fused-ring (bicyclic) bond motifs is 1. The first-order valence-corrected chi connectivity index (χ1v) is 12.5. The standard InChI is InChI=1S/C27H35N5O2/c1-18-6-10-32(16-18)26-14-20-4-3-5-22(23(20)15-29-26)27(28)24-17-31(19(2)33)11-7-25(24)30-21-8-12-34-13-9-21/h3-5,14-15,18,21H,6-13,16-17,28H2,1-2H3/t18-/m0/s1. The number of aromatic nitrogens is 1. The van der Waals surface area contributed by atoms with Crippen LogP contribution < -0.4 is 10.6 Å². The average molecular weight is 462 g/mol. The van der Waals surface area contributed by atoms with Crippen molar-refractivity contribution in [1.29, 1.82) is 0 Å². The van der Waals surface area contributed by atoms with Gasteiger partial charge in [0, 0.05) is 86.9 Å². The quantitative estimate of drug-likeness (QED) is 0.755. The van der Waals surface area contributed by atoms with E-state index in [2.05, 4.69) is 36.1 Å². The number of hydrogen-bond donors (Lipinski definition) is 1. The van der Waals surface area contributed by atoms with Gasteiger partial charge in [-0.05, 0) is 36.6 Å². The molecule has 7 nitrogen and oxygen atoms in total. The average Bonchev–Trinajstić information content (AvgIpc) is 3.30. The van der Waals surface area contributed by atoms with E-state index in [0.29, 0.717) is 24.7 Å². The Balaban J connectivity index is 1.54. The zero-order chi connectivity index (χ0) is 23.7. The molecular formula is C27H35N5O2. The molecule has 0 saturated carbocycles. The minimum atomic E-state index is 0.0690. The number of piperidine rings is 1. The topological polar surface area (TPSA) is 84.0 Å². The summed E-state index contributed by atoms with van der Waals surface area (Å²) in [6.07, 6.45) is 5.76. The van der Waals surface area contributed by atoms with Gasteiger partial charge in [0.2, 0.25) is 5.91 Å². The molecule has 1 aromatic heterocycles. The third kappa shape index (κ3) is 4.67. The lowest BCUT2D eigenvalue weighted by molar-refractivity contribution is -0.128. The van der Waals surface area contributed by atoms with E-state index in [-0.39, 0.29) is 11.9 Å². The lowest BCUT2D eigenvalue weighted by Crippen LogP contribution is -2.40. The molecule has 4 heterocycles. The van der Waals surface area contributed by atoms with E-state index in [4.69, 9.17) is 20.4 Å². The lowest BCUT2D eigenvalue weighted by Gasteiger charge is -2.31. The Kier molecular flexibility index (Phi) is 6.55. The minimum Gasteiger partial charge on any atom is -0.398 e. The highest BCUT2D eigenvalue weighted by molar-refractivity contribution is 6.10. The zero-order valence-electron chi connectivity index (χ0n) is 20.3. The van der Waals surface area contributed by atoms with Crippen LogP contribution in [-0.2, 0) is 9.53 Å². The number of carbonyl (C=O) groups is 1. The number of ether oxygens (including phenoxy) is 1.